The van der Waals surface area contributed by atoms with E-state index in [0.717, 1.165) is 18.9 Å². The lowest BCUT2D eigenvalue weighted by atomic mass is 9.86. The van der Waals surface area contributed by atoms with Crippen LogP contribution in [0.1, 0.15) is 36.0 Å². The van der Waals surface area contributed by atoms with Crippen molar-refractivity contribution in [3.05, 3.63) is 29.6 Å². The highest BCUT2D eigenvalue weighted by molar-refractivity contribution is 5.94. The van der Waals surface area contributed by atoms with E-state index in [0.29, 0.717) is 12.8 Å². The molecule has 1 fully saturated rings. The van der Waals surface area contributed by atoms with Crippen molar-refractivity contribution in [2.75, 3.05) is 12.3 Å². The monoisotopic (exact) mass is 280 g/mol. The zero-order valence-corrected chi connectivity index (χ0v) is 11.0. The molecule has 0 heterocycles. The normalized spacial score (nSPS) is 16.9. The van der Waals surface area contributed by atoms with Crippen LogP contribution in [0.3, 0.4) is 0 Å². The number of anilines is 1. The van der Waals surface area contributed by atoms with E-state index in [4.69, 9.17) is 5.73 Å². The van der Waals surface area contributed by atoms with Gasteiger partial charge >= 0.3 is 5.97 Å². The molecule has 6 heteroatoms. The SMILES string of the molecule is Nc1ccc(C(=O)NCC2(C(=O)O)CCCC2)cc1F. The summed E-state index contributed by atoms with van der Waals surface area (Å²) in [6.07, 6.45) is 2.80. The molecule has 0 atom stereocenters. The number of halogens is 1. The first-order valence-corrected chi connectivity index (χ1v) is 6.51. The first kappa shape index (κ1) is 14.3. The second-order valence-corrected chi connectivity index (χ2v) is 5.21. The van der Waals surface area contributed by atoms with Crippen molar-refractivity contribution in [3.8, 4) is 0 Å². The maximum absolute atomic E-state index is 13.3. The fraction of sp³-hybridized carbons (Fsp3) is 0.429. The van der Waals surface area contributed by atoms with E-state index in [1.54, 1.807) is 0 Å². The molecule has 20 heavy (non-hydrogen) atoms. The molecule has 1 aromatic carbocycles. The average molecular weight is 280 g/mol. The summed E-state index contributed by atoms with van der Waals surface area (Å²) in [4.78, 5) is 23.3. The average Bonchev–Trinajstić information content (AvgIpc) is 2.89. The molecule has 0 saturated heterocycles. The lowest BCUT2D eigenvalue weighted by Gasteiger charge is -2.23. The standard InChI is InChI=1S/C14H17FN2O3/c15-10-7-9(3-4-11(10)16)12(18)17-8-14(13(19)20)5-1-2-6-14/h3-4,7H,1-2,5-6,8,16H2,(H,17,18)(H,19,20). The van der Waals surface area contributed by atoms with Gasteiger partial charge in [0.25, 0.3) is 5.91 Å². The minimum atomic E-state index is -0.890. The van der Waals surface area contributed by atoms with Crippen molar-refractivity contribution in [2.24, 2.45) is 5.41 Å². The Labute approximate surface area is 116 Å². The van der Waals surface area contributed by atoms with E-state index < -0.39 is 23.1 Å². The van der Waals surface area contributed by atoms with Crippen LogP contribution in [0.5, 0.6) is 0 Å². The topological polar surface area (TPSA) is 92.4 Å². The first-order chi connectivity index (χ1) is 9.44. The number of aliphatic carboxylic acids is 1. The van der Waals surface area contributed by atoms with E-state index in [1.165, 1.54) is 12.1 Å². The van der Waals surface area contributed by atoms with Gasteiger partial charge in [0, 0.05) is 12.1 Å². The number of rotatable bonds is 4. The highest BCUT2D eigenvalue weighted by atomic mass is 19.1. The van der Waals surface area contributed by atoms with E-state index in [-0.39, 0.29) is 17.8 Å². The van der Waals surface area contributed by atoms with Crippen LogP contribution < -0.4 is 11.1 Å². The van der Waals surface area contributed by atoms with Crippen LogP contribution in [-0.4, -0.2) is 23.5 Å². The molecule has 1 aliphatic rings. The molecular weight excluding hydrogens is 263 g/mol. The molecule has 0 aliphatic heterocycles. The molecule has 1 aromatic rings. The molecular formula is C14H17FN2O3. The molecule has 5 nitrogen and oxygen atoms in total. The highest BCUT2D eigenvalue weighted by Gasteiger charge is 2.41. The number of benzene rings is 1. The van der Waals surface area contributed by atoms with Crippen LogP contribution in [0, 0.1) is 11.2 Å². The van der Waals surface area contributed by atoms with Crippen LogP contribution >= 0.6 is 0 Å². The Hall–Kier alpha value is -2.11. The number of carbonyl (C=O) groups excluding carboxylic acids is 1. The number of hydrogen-bond acceptors (Lipinski definition) is 3. The van der Waals surface area contributed by atoms with Gasteiger partial charge in [-0.2, -0.15) is 0 Å². The van der Waals surface area contributed by atoms with Gasteiger partial charge in [0.2, 0.25) is 0 Å². The maximum Gasteiger partial charge on any atom is 0.311 e. The van der Waals surface area contributed by atoms with Crippen molar-refractivity contribution in [3.63, 3.8) is 0 Å². The summed E-state index contributed by atoms with van der Waals surface area (Å²) in [5, 5.41) is 11.9. The fourth-order valence-corrected chi connectivity index (χ4v) is 2.54. The molecule has 2 rings (SSSR count). The van der Waals surface area contributed by atoms with Crippen LogP contribution in [0.15, 0.2) is 18.2 Å². The number of carboxylic acids is 1. The number of hydrogen-bond donors (Lipinski definition) is 3. The number of carboxylic acid groups (broad SMARTS) is 1. The molecule has 4 N–H and O–H groups in total. The molecule has 0 spiro atoms. The summed E-state index contributed by atoms with van der Waals surface area (Å²) in [5.41, 5.74) is 4.56. The van der Waals surface area contributed by atoms with Gasteiger partial charge in [-0.1, -0.05) is 12.8 Å². The van der Waals surface area contributed by atoms with Gasteiger partial charge < -0.3 is 16.2 Å². The van der Waals surface area contributed by atoms with Gasteiger partial charge in [0.05, 0.1) is 11.1 Å². The van der Waals surface area contributed by atoms with Gasteiger partial charge in [-0.05, 0) is 31.0 Å². The van der Waals surface area contributed by atoms with E-state index in [1.807, 2.05) is 0 Å². The highest BCUT2D eigenvalue weighted by Crippen LogP contribution is 2.37. The lowest BCUT2D eigenvalue weighted by molar-refractivity contribution is -0.148. The molecule has 1 aliphatic carbocycles. The summed E-state index contributed by atoms with van der Waals surface area (Å²) in [5.74, 6) is -2.04. The number of nitrogens with two attached hydrogens (primary N) is 1. The molecule has 0 aromatic heterocycles. The quantitative estimate of drug-likeness (QED) is 0.733. The van der Waals surface area contributed by atoms with Crippen molar-refractivity contribution < 1.29 is 19.1 Å². The van der Waals surface area contributed by atoms with Gasteiger partial charge in [-0.15, -0.1) is 0 Å². The van der Waals surface area contributed by atoms with E-state index in [2.05, 4.69) is 5.32 Å². The Balaban J connectivity index is 2.04. The van der Waals surface area contributed by atoms with Crippen LogP contribution in [0.25, 0.3) is 0 Å². The van der Waals surface area contributed by atoms with Crippen molar-refractivity contribution in [1.82, 2.24) is 5.32 Å². The Morgan fingerprint density at radius 1 is 1.35 bits per heavy atom. The maximum atomic E-state index is 13.3. The number of carbonyl (C=O) groups is 2. The summed E-state index contributed by atoms with van der Waals surface area (Å²) >= 11 is 0. The smallest absolute Gasteiger partial charge is 0.311 e. The Kier molecular flexibility index (Phi) is 3.92. The third-order valence-electron chi connectivity index (χ3n) is 3.86. The zero-order chi connectivity index (χ0) is 14.8. The zero-order valence-electron chi connectivity index (χ0n) is 11.0. The summed E-state index contributed by atoms with van der Waals surface area (Å²) in [7, 11) is 0. The predicted molar refractivity (Wildman–Crippen MR) is 71.7 cm³/mol. The Bertz CT molecular complexity index is 539. The molecule has 0 bridgehead atoms. The van der Waals surface area contributed by atoms with Crippen molar-refractivity contribution >= 4 is 17.6 Å². The summed E-state index contributed by atoms with van der Waals surface area (Å²) < 4.78 is 13.3. The molecule has 108 valence electrons. The van der Waals surface area contributed by atoms with E-state index in [9.17, 15) is 19.1 Å². The number of nitrogens with one attached hydrogen (secondary N) is 1. The lowest BCUT2D eigenvalue weighted by Crippen LogP contribution is -2.41. The third-order valence-corrected chi connectivity index (χ3v) is 3.86. The molecule has 1 saturated carbocycles. The van der Waals surface area contributed by atoms with Gasteiger partial charge in [-0.25, -0.2) is 4.39 Å². The van der Waals surface area contributed by atoms with Gasteiger partial charge in [0.15, 0.2) is 0 Å². The van der Waals surface area contributed by atoms with Crippen molar-refractivity contribution in [2.45, 2.75) is 25.7 Å². The molecule has 0 radical (unpaired) electrons. The predicted octanol–water partition coefficient (Wildman–Crippen LogP) is 1.78. The van der Waals surface area contributed by atoms with Gasteiger partial charge in [-0.3, -0.25) is 9.59 Å². The first-order valence-electron chi connectivity index (χ1n) is 6.51. The van der Waals surface area contributed by atoms with Crippen LogP contribution in [-0.2, 0) is 4.79 Å². The second-order valence-electron chi connectivity index (χ2n) is 5.21. The summed E-state index contributed by atoms with van der Waals surface area (Å²) in [6.45, 7) is 0.0627. The number of nitrogen functional groups attached to an aromatic ring is 1. The second kappa shape index (κ2) is 5.48. The molecule has 0 unspecified atom stereocenters. The Morgan fingerprint density at radius 3 is 2.55 bits per heavy atom. The van der Waals surface area contributed by atoms with Crippen LogP contribution in [0.4, 0.5) is 10.1 Å². The minimum Gasteiger partial charge on any atom is -0.481 e. The molecule has 1 amide bonds. The van der Waals surface area contributed by atoms with Crippen LogP contribution in [0.2, 0.25) is 0 Å². The Morgan fingerprint density at radius 2 is 2.00 bits per heavy atom. The minimum absolute atomic E-state index is 0.0284. The summed E-state index contributed by atoms with van der Waals surface area (Å²) in [6, 6.07) is 3.77. The third kappa shape index (κ3) is 2.74. The fourth-order valence-electron chi connectivity index (χ4n) is 2.54. The van der Waals surface area contributed by atoms with Crippen molar-refractivity contribution in [1.29, 1.82) is 0 Å². The van der Waals surface area contributed by atoms with E-state index >= 15 is 0 Å². The van der Waals surface area contributed by atoms with Gasteiger partial charge in [0.1, 0.15) is 5.82 Å². The number of amides is 1. The largest absolute Gasteiger partial charge is 0.481 e.